The zero-order chi connectivity index (χ0) is 21.8. The van der Waals surface area contributed by atoms with E-state index in [2.05, 4.69) is 33.4 Å². The van der Waals surface area contributed by atoms with E-state index in [1.54, 1.807) is 6.20 Å². The van der Waals surface area contributed by atoms with Crippen molar-refractivity contribution < 1.29 is 19.6 Å². The lowest BCUT2D eigenvalue weighted by Crippen LogP contribution is -2.33. The highest BCUT2D eigenvalue weighted by Crippen LogP contribution is 2.32. The van der Waals surface area contributed by atoms with Gasteiger partial charge >= 0.3 is 7.12 Å². The van der Waals surface area contributed by atoms with E-state index in [1.807, 2.05) is 18.2 Å². The summed E-state index contributed by atoms with van der Waals surface area (Å²) >= 11 is 0. The lowest BCUT2D eigenvalue weighted by atomic mass is 9.77. The van der Waals surface area contributed by atoms with Crippen LogP contribution in [0.4, 0.5) is 11.5 Å². The maximum Gasteiger partial charge on any atom is 0.489 e. The van der Waals surface area contributed by atoms with Gasteiger partial charge in [-0.15, -0.1) is 0 Å². The number of hydrogen-bond donors (Lipinski definition) is 3. The molecular formula is C23H22BN3O4. The molecule has 1 aliphatic heterocycles. The van der Waals surface area contributed by atoms with Gasteiger partial charge in [0.25, 0.3) is 5.91 Å². The van der Waals surface area contributed by atoms with Gasteiger partial charge in [-0.05, 0) is 53.7 Å². The van der Waals surface area contributed by atoms with E-state index in [0.717, 1.165) is 30.8 Å². The lowest BCUT2D eigenvalue weighted by molar-refractivity contribution is 0.0951. The first-order valence-corrected chi connectivity index (χ1v) is 10.1. The van der Waals surface area contributed by atoms with Gasteiger partial charge in [0, 0.05) is 36.1 Å². The smallest absolute Gasteiger partial charge is 0.423 e. The second kappa shape index (κ2) is 9.12. The topological polar surface area (TPSA) is 103 Å². The Bertz CT molecular complexity index is 1100. The van der Waals surface area contributed by atoms with Crippen LogP contribution < -0.4 is 15.7 Å². The first-order chi connectivity index (χ1) is 15.1. The number of aromatic nitrogens is 1. The fourth-order valence-corrected chi connectivity index (χ4v) is 3.79. The van der Waals surface area contributed by atoms with Crippen LogP contribution in [-0.2, 0) is 13.0 Å². The quantitative estimate of drug-likeness (QED) is 0.418. The van der Waals surface area contributed by atoms with Gasteiger partial charge in [0.2, 0.25) is 0 Å². The summed E-state index contributed by atoms with van der Waals surface area (Å²) < 4.78 is 0. The van der Waals surface area contributed by atoms with Gasteiger partial charge in [0.1, 0.15) is 12.1 Å². The number of nitrogens with one attached hydrogen (secondary N) is 1. The Balaban J connectivity index is 1.42. The van der Waals surface area contributed by atoms with Gasteiger partial charge in [0.15, 0.2) is 0 Å². The van der Waals surface area contributed by atoms with E-state index in [-0.39, 0.29) is 29.0 Å². The van der Waals surface area contributed by atoms with Crippen molar-refractivity contribution in [3.05, 3.63) is 83.0 Å². The molecule has 0 saturated carbocycles. The van der Waals surface area contributed by atoms with Crippen molar-refractivity contribution in [2.75, 3.05) is 11.4 Å². The van der Waals surface area contributed by atoms with Gasteiger partial charge < -0.3 is 20.3 Å². The fourth-order valence-electron chi connectivity index (χ4n) is 3.79. The van der Waals surface area contributed by atoms with E-state index in [9.17, 15) is 19.6 Å². The number of carbonyl (C=O) groups is 2. The average molecular weight is 415 g/mol. The molecule has 0 atom stereocenters. The number of benzene rings is 2. The predicted molar refractivity (Wildman–Crippen MR) is 119 cm³/mol. The Morgan fingerprint density at radius 2 is 2.00 bits per heavy atom. The number of amides is 1. The van der Waals surface area contributed by atoms with Crippen molar-refractivity contribution in [2.45, 2.75) is 19.4 Å². The van der Waals surface area contributed by atoms with Crippen LogP contribution in [-0.4, -0.2) is 40.9 Å². The van der Waals surface area contributed by atoms with E-state index in [4.69, 9.17) is 0 Å². The lowest BCUT2D eigenvalue weighted by Gasteiger charge is -2.30. The van der Waals surface area contributed by atoms with Crippen LogP contribution in [0.1, 0.15) is 38.3 Å². The molecule has 0 radical (unpaired) electrons. The summed E-state index contributed by atoms with van der Waals surface area (Å²) in [4.78, 5) is 30.4. The molecule has 31 heavy (non-hydrogen) atoms. The number of carbonyl (C=O) groups excluding carboxylic acids is 2. The van der Waals surface area contributed by atoms with Crippen LogP contribution in [0.2, 0.25) is 0 Å². The number of fused-ring (bicyclic) bond motifs is 1. The highest BCUT2D eigenvalue weighted by Gasteiger charge is 2.19. The average Bonchev–Trinajstić information content (AvgIpc) is 2.82. The Labute approximate surface area is 180 Å². The maximum atomic E-state index is 12.4. The highest BCUT2D eigenvalue weighted by molar-refractivity contribution is 6.60. The Morgan fingerprint density at radius 3 is 2.74 bits per heavy atom. The van der Waals surface area contributed by atoms with Gasteiger partial charge in [-0.3, -0.25) is 9.59 Å². The summed E-state index contributed by atoms with van der Waals surface area (Å²) in [5.41, 5.74) is 3.74. The van der Waals surface area contributed by atoms with E-state index >= 15 is 0 Å². The largest absolute Gasteiger partial charge is 0.489 e. The van der Waals surface area contributed by atoms with Crippen molar-refractivity contribution in [1.82, 2.24) is 10.3 Å². The molecule has 3 aromatic rings. The first-order valence-electron chi connectivity index (χ1n) is 10.1. The molecule has 1 aliphatic rings. The fraction of sp³-hybridized carbons (Fsp3) is 0.174. The van der Waals surface area contributed by atoms with Crippen molar-refractivity contribution in [3.8, 4) is 0 Å². The maximum absolute atomic E-state index is 12.4. The zero-order valence-electron chi connectivity index (χ0n) is 16.9. The molecule has 4 rings (SSSR count). The van der Waals surface area contributed by atoms with Gasteiger partial charge in [-0.2, -0.15) is 0 Å². The summed E-state index contributed by atoms with van der Waals surface area (Å²) in [5.74, 6) is 0.507. The minimum atomic E-state index is -1.77. The molecule has 1 aromatic heterocycles. The van der Waals surface area contributed by atoms with Crippen LogP contribution in [0, 0.1) is 0 Å². The summed E-state index contributed by atoms with van der Waals surface area (Å²) in [7, 11) is -1.77. The summed E-state index contributed by atoms with van der Waals surface area (Å²) in [6, 6.07) is 16.4. The number of aldehydes is 1. The normalized spacial score (nSPS) is 12.8. The molecule has 2 aromatic carbocycles. The number of anilines is 2. The van der Waals surface area contributed by atoms with E-state index < -0.39 is 7.12 Å². The Hall–Kier alpha value is -3.49. The van der Waals surface area contributed by atoms with Crippen LogP contribution in [0.15, 0.2) is 60.8 Å². The number of nitrogens with zero attached hydrogens (tertiary/aromatic N) is 2. The molecule has 0 spiro atoms. The summed E-state index contributed by atoms with van der Waals surface area (Å²) in [6.07, 6.45) is 4.38. The minimum absolute atomic E-state index is 0.0608. The first kappa shape index (κ1) is 20.8. The Kier molecular flexibility index (Phi) is 6.11. The molecule has 0 aliphatic carbocycles. The third kappa shape index (κ3) is 4.50. The van der Waals surface area contributed by atoms with E-state index in [1.165, 1.54) is 29.4 Å². The number of aryl methyl sites for hydroxylation is 1. The van der Waals surface area contributed by atoms with Crippen LogP contribution in [0.25, 0.3) is 0 Å². The molecule has 3 N–H and O–H groups in total. The summed E-state index contributed by atoms with van der Waals surface area (Å²) in [5, 5.41) is 21.3. The SMILES string of the molecule is O=Cc1cc(C(=O)NCc2ccc(N3CCCc4ccccc43)nc2)ccc1B(O)O. The summed E-state index contributed by atoms with van der Waals surface area (Å²) in [6.45, 7) is 1.20. The number of para-hydroxylation sites is 1. The molecule has 156 valence electrons. The molecule has 8 heteroatoms. The second-order valence-corrected chi connectivity index (χ2v) is 7.43. The minimum Gasteiger partial charge on any atom is -0.423 e. The van der Waals surface area contributed by atoms with E-state index in [0.29, 0.717) is 6.29 Å². The van der Waals surface area contributed by atoms with Crippen LogP contribution in [0.5, 0.6) is 0 Å². The molecule has 1 amide bonds. The number of hydrogen-bond acceptors (Lipinski definition) is 6. The molecule has 7 nitrogen and oxygen atoms in total. The molecular weight excluding hydrogens is 393 g/mol. The van der Waals surface area contributed by atoms with Gasteiger partial charge in [-0.25, -0.2) is 4.98 Å². The standard InChI is InChI=1S/C23H22BN3O4/c28-15-19-12-18(8-9-20(19)24(30)31)23(29)26-14-16-7-10-22(25-13-16)27-11-3-5-17-4-1-2-6-21(17)27/h1-2,4,6-10,12-13,15,30-31H,3,5,11,14H2,(H,26,29). The van der Waals surface area contributed by atoms with Gasteiger partial charge in [0.05, 0.1) is 0 Å². The molecule has 0 saturated heterocycles. The second-order valence-electron chi connectivity index (χ2n) is 7.43. The van der Waals surface area contributed by atoms with Gasteiger partial charge in [-0.1, -0.05) is 30.3 Å². The number of pyridine rings is 1. The number of rotatable bonds is 6. The van der Waals surface area contributed by atoms with Crippen molar-refractivity contribution >= 4 is 36.3 Å². The molecule has 0 unspecified atom stereocenters. The zero-order valence-corrected chi connectivity index (χ0v) is 16.9. The Morgan fingerprint density at radius 1 is 1.16 bits per heavy atom. The van der Waals surface area contributed by atoms with Crippen LogP contribution >= 0.6 is 0 Å². The third-order valence-corrected chi connectivity index (χ3v) is 5.40. The van der Waals surface area contributed by atoms with Crippen LogP contribution in [0.3, 0.4) is 0 Å². The molecule has 2 heterocycles. The predicted octanol–water partition coefficient (Wildman–Crippen LogP) is 1.59. The highest BCUT2D eigenvalue weighted by atomic mass is 16.4. The van der Waals surface area contributed by atoms with Crippen molar-refractivity contribution in [3.63, 3.8) is 0 Å². The molecule has 0 bridgehead atoms. The molecule has 0 fully saturated rings. The van der Waals surface area contributed by atoms with Crippen molar-refractivity contribution in [2.24, 2.45) is 0 Å². The monoisotopic (exact) mass is 415 g/mol. The van der Waals surface area contributed by atoms with Crippen molar-refractivity contribution in [1.29, 1.82) is 0 Å². The third-order valence-electron chi connectivity index (χ3n) is 5.40.